The summed E-state index contributed by atoms with van der Waals surface area (Å²) in [5.41, 5.74) is 0. The van der Waals surface area contributed by atoms with Crippen molar-refractivity contribution in [1.29, 1.82) is 0 Å². The highest BCUT2D eigenvalue weighted by Gasteiger charge is 2.33. The molecule has 2 amide bonds. The van der Waals surface area contributed by atoms with Crippen LogP contribution in [0.1, 0.15) is 39.0 Å². The molecule has 2 unspecified atom stereocenters. The first kappa shape index (κ1) is 14.5. The molecule has 0 aromatic carbocycles. The molecule has 0 saturated carbocycles. The second-order valence-electron chi connectivity index (χ2n) is 5.65. The third-order valence-corrected chi connectivity index (χ3v) is 5.50. The quantitative estimate of drug-likeness (QED) is 0.828. The summed E-state index contributed by atoms with van der Waals surface area (Å²) in [5, 5.41) is 11.8. The molecule has 2 N–H and O–H groups in total. The number of carbonyl (C=O) groups is 2. The number of hydrogen-bond donors (Lipinski definition) is 2. The summed E-state index contributed by atoms with van der Waals surface area (Å²) in [6.07, 6.45) is 4.10. The molecule has 2 aliphatic heterocycles. The summed E-state index contributed by atoms with van der Waals surface area (Å²) >= 11 is 1.91. The number of carbonyl (C=O) groups excluding carboxylic acids is 1. The number of rotatable bonds is 4. The van der Waals surface area contributed by atoms with Crippen molar-refractivity contribution in [2.24, 2.45) is 0 Å². The number of amides is 2. The number of thioether (sulfide) groups is 1. The average molecular weight is 286 g/mol. The van der Waals surface area contributed by atoms with E-state index in [0.717, 1.165) is 25.0 Å². The molecule has 0 bridgehead atoms. The van der Waals surface area contributed by atoms with Gasteiger partial charge in [-0.25, -0.2) is 4.79 Å². The van der Waals surface area contributed by atoms with Crippen molar-refractivity contribution in [2.45, 2.75) is 49.8 Å². The fourth-order valence-corrected chi connectivity index (χ4v) is 4.10. The Balaban J connectivity index is 1.83. The SMILES string of the molecule is CC1(CNC(=O)N2CCCC2CC(=O)O)CCCS1. The lowest BCUT2D eigenvalue weighted by molar-refractivity contribution is -0.137. The van der Waals surface area contributed by atoms with Crippen molar-refractivity contribution in [3.8, 4) is 0 Å². The van der Waals surface area contributed by atoms with E-state index < -0.39 is 5.97 Å². The Hall–Kier alpha value is -0.910. The summed E-state index contributed by atoms with van der Waals surface area (Å²) in [6, 6.07) is -0.237. The first-order chi connectivity index (χ1) is 9.00. The number of aliphatic carboxylic acids is 1. The molecule has 108 valence electrons. The van der Waals surface area contributed by atoms with E-state index in [2.05, 4.69) is 12.2 Å². The molecule has 5 nitrogen and oxygen atoms in total. The first-order valence-corrected chi connectivity index (χ1v) is 7.89. The highest BCUT2D eigenvalue weighted by molar-refractivity contribution is 8.00. The number of urea groups is 1. The van der Waals surface area contributed by atoms with Gasteiger partial charge in [-0.15, -0.1) is 0 Å². The van der Waals surface area contributed by atoms with Crippen molar-refractivity contribution in [3.05, 3.63) is 0 Å². The summed E-state index contributed by atoms with van der Waals surface area (Å²) in [4.78, 5) is 24.6. The first-order valence-electron chi connectivity index (χ1n) is 6.90. The highest BCUT2D eigenvalue weighted by Crippen LogP contribution is 2.37. The molecule has 2 heterocycles. The standard InChI is InChI=1S/C13H22N2O3S/c1-13(5-3-7-19-13)9-14-12(18)15-6-2-4-10(15)8-11(16)17/h10H,2-9H2,1H3,(H,14,18)(H,16,17). The van der Waals surface area contributed by atoms with Gasteiger partial charge in [-0.05, 0) is 38.4 Å². The van der Waals surface area contributed by atoms with E-state index in [1.54, 1.807) is 4.90 Å². The van der Waals surface area contributed by atoms with Gasteiger partial charge in [0.2, 0.25) is 0 Å². The predicted molar refractivity (Wildman–Crippen MR) is 75.5 cm³/mol. The third kappa shape index (κ3) is 3.78. The molecule has 6 heteroatoms. The van der Waals surface area contributed by atoms with Gasteiger partial charge < -0.3 is 15.3 Å². The molecule has 19 heavy (non-hydrogen) atoms. The molecule has 2 atom stereocenters. The number of carboxylic acid groups (broad SMARTS) is 1. The van der Waals surface area contributed by atoms with Crippen LogP contribution in [0.5, 0.6) is 0 Å². The van der Waals surface area contributed by atoms with Crippen molar-refractivity contribution in [3.63, 3.8) is 0 Å². The van der Waals surface area contributed by atoms with Gasteiger partial charge in [-0.3, -0.25) is 4.79 Å². The molecule has 0 aliphatic carbocycles. The van der Waals surface area contributed by atoms with Crippen LogP contribution in [-0.4, -0.2) is 51.6 Å². The fraction of sp³-hybridized carbons (Fsp3) is 0.846. The molecule has 0 aromatic rings. The second kappa shape index (κ2) is 6.03. The van der Waals surface area contributed by atoms with Gasteiger partial charge in [-0.2, -0.15) is 11.8 Å². The van der Waals surface area contributed by atoms with Gasteiger partial charge in [0.15, 0.2) is 0 Å². The van der Waals surface area contributed by atoms with Crippen LogP contribution in [0.4, 0.5) is 4.79 Å². The fourth-order valence-electron chi connectivity index (χ4n) is 2.86. The Morgan fingerprint density at radius 3 is 2.89 bits per heavy atom. The number of nitrogens with zero attached hydrogens (tertiary/aromatic N) is 1. The largest absolute Gasteiger partial charge is 0.481 e. The van der Waals surface area contributed by atoms with E-state index >= 15 is 0 Å². The maximum absolute atomic E-state index is 12.1. The summed E-state index contributed by atoms with van der Waals surface area (Å²) in [7, 11) is 0. The molecule has 0 aromatic heterocycles. The van der Waals surface area contributed by atoms with E-state index in [-0.39, 0.29) is 23.2 Å². The van der Waals surface area contributed by atoms with Gasteiger partial charge >= 0.3 is 12.0 Å². The zero-order chi connectivity index (χ0) is 13.9. The molecule has 0 radical (unpaired) electrons. The van der Waals surface area contributed by atoms with E-state index in [1.165, 1.54) is 6.42 Å². The summed E-state index contributed by atoms with van der Waals surface area (Å²) in [5.74, 6) is 0.334. The maximum atomic E-state index is 12.1. The normalized spacial score (nSPS) is 30.6. The van der Waals surface area contributed by atoms with Gasteiger partial charge in [0.1, 0.15) is 0 Å². The lowest BCUT2D eigenvalue weighted by atomic mass is 10.1. The van der Waals surface area contributed by atoms with Crippen LogP contribution >= 0.6 is 11.8 Å². The minimum atomic E-state index is -0.831. The topological polar surface area (TPSA) is 69.6 Å². The molecule has 2 fully saturated rings. The van der Waals surface area contributed by atoms with Gasteiger partial charge in [0.25, 0.3) is 0 Å². The van der Waals surface area contributed by atoms with Crippen LogP contribution in [0.3, 0.4) is 0 Å². The Morgan fingerprint density at radius 1 is 1.47 bits per heavy atom. The van der Waals surface area contributed by atoms with Gasteiger partial charge in [-0.1, -0.05) is 0 Å². The monoisotopic (exact) mass is 286 g/mol. The summed E-state index contributed by atoms with van der Waals surface area (Å²) in [6.45, 7) is 3.53. The van der Waals surface area contributed by atoms with Crippen LogP contribution in [0, 0.1) is 0 Å². The van der Waals surface area contributed by atoms with E-state index in [9.17, 15) is 9.59 Å². The Labute approximate surface area is 118 Å². The van der Waals surface area contributed by atoms with Crippen LogP contribution < -0.4 is 5.32 Å². The lowest BCUT2D eigenvalue weighted by Gasteiger charge is -2.28. The zero-order valence-electron chi connectivity index (χ0n) is 11.4. The van der Waals surface area contributed by atoms with Gasteiger partial charge in [0.05, 0.1) is 6.42 Å². The van der Waals surface area contributed by atoms with E-state index in [1.807, 2.05) is 11.8 Å². The highest BCUT2D eigenvalue weighted by atomic mass is 32.2. The van der Waals surface area contributed by atoms with Gasteiger partial charge in [0, 0.05) is 23.9 Å². The van der Waals surface area contributed by atoms with E-state index in [4.69, 9.17) is 5.11 Å². The average Bonchev–Trinajstić information content (AvgIpc) is 2.95. The lowest BCUT2D eigenvalue weighted by Crippen LogP contribution is -2.47. The molecular weight excluding hydrogens is 264 g/mol. The Morgan fingerprint density at radius 2 is 2.26 bits per heavy atom. The summed E-state index contributed by atoms with van der Waals surface area (Å²) < 4.78 is 0.150. The van der Waals surface area contributed by atoms with Crippen LogP contribution in [0.25, 0.3) is 0 Å². The van der Waals surface area contributed by atoms with Crippen LogP contribution in [0.15, 0.2) is 0 Å². The van der Waals surface area contributed by atoms with Crippen LogP contribution in [-0.2, 0) is 4.79 Å². The minimum absolute atomic E-state index is 0.0550. The molecular formula is C13H22N2O3S. The number of hydrogen-bond acceptors (Lipinski definition) is 3. The third-order valence-electron chi connectivity index (χ3n) is 3.96. The second-order valence-corrected chi connectivity index (χ2v) is 7.33. The Kier molecular flexibility index (Phi) is 4.60. The Bertz CT molecular complexity index is 356. The molecule has 2 saturated heterocycles. The number of nitrogens with one attached hydrogen (secondary N) is 1. The van der Waals surface area contributed by atoms with Crippen molar-refractivity contribution >= 4 is 23.8 Å². The van der Waals surface area contributed by atoms with Crippen LogP contribution in [0.2, 0.25) is 0 Å². The molecule has 0 spiro atoms. The van der Waals surface area contributed by atoms with E-state index in [0.29, 0.717) is 13.1 Å². The molecule has 2 rings (SSSR count). The van der Waals surface area contributed by atoms with Crippen molar-refractivity contribution in [1.82, 2.24) is 10.2 Å². The smallest absolute Gasteiger partial charge is 0.317 e. The zero-order valence-corrected chi connectivity index (χ0v) is 12.2. The van der Waals surface area contributed by atoms with Crippen molar-refractivity contribution in [2.75, 3.05) is 18.8 Å². The van der Waals surface area contributed by atoms with Crippen molar-refractivity contribution < 1.29 is 14.7 Å². The predicted octanol–water partition coefficient (Wildman–Crippen LogP) is 1.92. The maximum Gasteiger partial charge on any atom is 0.317 e. The molecule has 2 aliphatic rings. The minimum Gasteiger partial charge on any atom is -0.481 e. The number of likely N-dealkylation sites (tertiary alicyclic amines) is 1. The number of carboxylic acids is 1.